The standard InChI is InChI=1S/C20H30O4Si2/c1-21-15-9-7-11-17(19(15)23-3)25-13-5-6-14-26-18-12-8-10-16(22-2)20(18)24-4/h7-12H,5-6,13-14,25-26H2,1-4H3. The molecule has 0 amide bonds. The maximum absolute atomic E-state index is 5.54. The summed E-state index contributed by atoms with van der Waals surface area (Å²) < 4.78 is 21.9. The lowest BCUT2D eigenvalue weighted by Crippen LogP contribution is -2.18. The summed E-state index contributed by atoms with van der Waals surface area (Å²) in [5, 5.41) is 2.72. The van der Waals surface area contributed by atoms with Crippen LogP contribution in [0.1, 0.15) is 12.8 Å². The third-order valence-electron chi connectivity index (χ3n) is 4.61. The SMILES string of the molecule is COc1cccc([SiH2]CCCC[SiH2]c2cccc(OC)c2OC)c1OC. The molecule has 0 unspecified atom stereocenters. The van der Waals surface area contributed by atoms with Crippen molar-refractivity contribution in [2.75, 3.05) is 28.4 Å². The second kappa shape index (κ2) is 10.9. The van der Waals surface area contributed by atoms with Gasteiger partial charge in [0, 0.05) is 0 Å². The van der Waals surface area contributed by atoms with Gasteiger partial charge in [-0.3, -0.25) is 0 Å². The monoisotopic (exact) mass is 390 g/mol. The fourth-order valence-corrected chi connectivity index (χ4v) is 6.95. The molecule has 0 aliphatic carbocycles. The molecule has 0 fully saturated rings. The van der Waals surface area contributed by atoms with Crippen molar-refractivity contribution in [2.45, 2.75) is 24.9 Å². The molecule has 0 aliphatic heterocycles. The van der Waals surface area contributed by atoms with E-state index in [2.05, 4.69) is 24.3 Å². The number of hydrogen-bond donors (Lipinski definition) is 0. The van der Waals surface area contributed by atoms with Crippen LogP contribution in [0.2, 0.25) is 12.1 Å². The van der Waals surface area contributed by atoms with E-state index in [0.29, 0.717) is 0 Å². The van der Waals surface area contributed by atoms with Crippen LogP contribution in [0.5, 0.6) is 23.0 Å². The molecule has 0 atom stereocenters. The van der Waals surface area contributed by atoms with E-state index in [4.69, 9.17) is 18.9 Å². The minimum absolute atomic E-state index is 0.329. The van der Waals surface area contributed by atoms with E-state index in [1.807, 2.05) is 12.1 Å². The minimum atomic E-state index is -0.329. The van der Waals surface area contributed by atoms with Gasteiger partial charge in [-0.1, -0.05) is 49.2 Å². The maximum Gasteiger partial charge on any atom is 0.160 e. The maximum atomic E-state index is 5.54. The molecule has 26 heavy (non-hydrogen) atoms. The summed E-state index contributed by atoms with van der Waals surface area (Å²) in [6.07, 6.45) is 2.57. The van der Waals surface area contributed by atoms with Gasteiger partial charge in [-0.15, -0.1) is 0 Å². The van der Waals surface area contributed by atoms with Gasteiger partial charge in [-0.25, -0.2) is 0 Å². The van der Waals surface area contributed by atoms with Gasteiger partial charge in [0.05, 0.1) is 47.5 Å². The molecule has 142 valence electrons. The highest BCUT2D eigenvalue weighted by Crippen LogP contribution is 2.24. The third kappa shape index (κ3) is 5.28. The third-order valence-corrected chi connectivity index (χ3v) is 8.51. The molecule has 0 saturated carbocycles. The fraction of sp³-hybridized carbons (Fsp3) is 0.400. The Morgan fingerprint density at radius 2 is 1.04 bits per heavy atom. The number of methoxy groups -OCH3 is 4. The molecule has 0 saturated heterocycles. The molecule has 0 spiro atoms. The van der Waals surface area contributed by atoms with Crippen molar-refractivity contribution in [3.8, 4) is 23.0 Å². The van der Waals surface area contributed by atoms with Gasteiger partial charge in [-0.05, 0) is 22.5 Å². The van der Waals surface area contributed by atoms with Crippen LogP contribution in [0.3, 0.4) is 0 Å². The lowest BCUT2D eigenvalue weighted by Gasteiger charge is -2.13. The number of rotatable bonds is 11. The average Bonchev–Trinajstić information content (AvgIpc) is 2.69. The van der Waals surface area contributed by atoms with E-state index in [-0.39, 0.29) is 19.0 Å². The second-order valence-electron chi connectivity index (χ2n) is 6.22. The zero-order valence-corrected chi connectivity index (χ0v) is 19.2. The predicted octanol–water partition coefficient (Wildman–Crippen LogP) is 1.63. The number of benzene rings is 2. The van der Waals surface area contributed by atoms with E-state index in [0.717, 1.165) is 23.0 Å². The Morgan fingerprint density at radius 1 is 0.615 bits per heavy atom. The number of para-hydroxylation sites is 2. The van der Waals surface area contributed by atoms with Gasteiger partial charge in [0.1, 0.15) is 0 Å². The van der Waals surface area contributed by atoms with Gasteiger partial charge in [-0.2, -0.15) is 0 Å². The van der Waals surface area contributed by atoms with Crippen molar-refractivity contribution in [3.05, 3.63) is 36.4 Å². The van der Waals surface area contributed by atoms with Gasteiger partial charge in [0.15, 0.2) is 23.0 Å². The van der Waals surface area contributed by atoms with Crippen LogP contribution in [0, 0.1) is 0 Å². The summed E-state index contributed by atoms with van der Waals surface area (Å²) >= 11 is 0. The Balaban J connectivity index is 1.79. The topological polar surface area (TPSA) is 36.9 Å². The number of ether oxygens (including phenoxy) is 4. The van der Waals surface area contributed by atoms with Crippen molar-refractivity contribution in [1.82, 2.24) is 0 Å². The summed E-state index contributed by atoms with van der Waals surface area (Å²) in [7, 11) is 6.18. The molecule has 2 aromatic carbocycles. The molecule has 0 N–H and O–H groups in total. The number of hydrogen-bond acceptors (Lipinski definition) is 4. The molecule has 0 bridgehead atoms. The molecule has 0 aromatic heterocycles. The quantitative estimate of drug-likeness (QED) is 0.432. The zero-order chi connectivity index (χ0) is 18.8. The molecule has 2 rings (SSSR count). The van der Waals surface area contributed by atoms with Gasteiger partial charge in [0.2, 0.25) is 0 Å². The highest BCUT2D eigenvalue weighted by atomic mass is 28.2. The van der Waals surface area contributed by atoms with Crippen LogP contribution in [-0.2, 0) is 0 Å². The summed E-state index contributed by atoms with van der Waals surface area (Å²) in [4.78, 5) is 0. The first-order valence-electron chi connectivity index (χ1n) is 9.14. The molecule has 2 aromatic rings. The average molecular weight is 391 g/mol. The van der Waals surface area contributed by atoms with Crippen molar-refractivity contribution in [1.29, 1.82) is 0 Å². The lowest BCUT2D eigenvalue weighted by atomic mass is 10.3. The Kier molecular flexibility index (Phi) is 8.57. The first kappa shape index (κ1) is 20.4. The van der Waals surface area contributed by atoms with Crippen LogP contribution in [0.4, 0.5) is 0 Å². The van der Waals surface area contributed by atoms with E-state index < -0.39 is 0 Å². The first-order valence-corrected chi connectivity index (χ1v) is 12.6. The van der Waals surface area contributed by atoms with Crippen LogP contribution in [0.25, 0.3) is 0 Å². The van der Waals surface area contributed by atoms with Crippen molar-refractivity contribution < 1.29 is 18.9 Å². The molecule has 0 radical (unpaired) electrons. The zero-order valence-electron chi connectivity index (χ0n) is 16.3. The van der Waals surface area contributed by atoms with E-state index in [1.165, 1.54) is 35.3 Å². The van der Waals surface area contributed by atoms with E-state index in [9.17, 15) is 0 Å². The number of unbranched alkanes of at least 4 members (excludes halogenated alkanes) is 1. The lowest BCUT2D eigenvalue weighted by molar-refractivity contribution is 0.357. The van der Waals surface area contributed by atoms with Crippen molar-refractivity contribution in [3.63, 3.8) is 0 Å². The van der Waals surface area contributed by atoms with Gasteiger partial charge >= 0.3 is 0 Å². The van der Waals surface area contributed by atoms with Gasteiger partial charge < -0.3 is 18.9 Å². The molecule has 4 nitrogen and oxygen atoms in total. The van der Waals surface area contributed by atoms with E-state index in [1.54, 1.807) is 28.4 Å². The summed E-state index contributed by atoms with van der Waals surface area (Å²) in [6, 6.07) is 15.0. The highest BCUT2D eigenvalue weighted by molar-refractivity contribution is 6.55. The normalized spacial score (nSPS) is 11.4. The molecule has 0 heterocycles. The van der Waals surface area contributed by atoms with Crippen LogP contribution in [-0.4, -0.2) is 47.5 Å². The predicted molar refractivity (Wildman–Crippen MR) is 114 cm³/mol. The largest absolute Gasteiger partial charge is 0.493 e. The van der Waals surface area contributed by atoms with Gasteiger partial charge in [0.25, 0.3) is 0 Å². The summed E-state index contributed by atoms with van der Waals surface area (Å²) in [5.41, 5.74) is 0. The van der Waals surface area contributed by atoms with Crippen LogP contribution >= 0.6 is 0 Å². The Labute approximate surface area is 161 Å². The highest BCUT2D eigenvalue weighted by Gasteiger charge is 2.10. The van der Waals surface area contributed by atoms with Crippen LogP contribution < -0.4 is 29.3 Å². The molecular weight excluding hydrogens is 360 g/mol. The molecule has 0 aliphatic rings. The Morgan fingerprint density at radius 3 is 1.38 bits per heavy atom. The van der Waals surface area contributed by atoms with Crippen molar-refractivity contribution in [2.24, 2.45) is 0 Å². The summed E-state index contributed by atoms with van der Waals surface area (Å²) in [6.45, 7) is 0. The van der Waals surface area contributed by atoms with Crippen LogP contribution in [0.15, 0.2) is 36.4 Å². The minimum Gasteiger partial charge on any atom is -0.493 e. The summed E-state index contributed by atoms with van der Waals surface area (Å²) in [5.74, 6) is 3.54. The van der Waals surface area contributed by atoms with E-state index >= 15 is 0 Å². The Hall–Kier alpha value is -1.93. The fourth-order valence-electron chi connectivity index (χ4n) is 3.29. The second-order valence-corrected chi connectivity index (χ2v) is 10.2. The van der Waals surface area contributed by atoms with Crippen molar-refractivity contribution >= 4 is 29.4 Å². The smallest absolute Gasteiger partial charge is 0.160 e. The Bertz CT molecular complexity index is 632. The molecular formula is C20H30O4Si2. The molecule has 6 heteroatoms. The first-order chi connectivity index (χ1) is 12.7.